The number of hydrogen-bond donors (Lipinski definition) is 2. The van der Waals surface area contributed by atoms with Crippen molar-refractivity contribution in [3.8, 4) is 17.2 Å². The van der Waals surface area contributed by atoms with E-state index < -0.39 is 17.9 Å². The van der Waals surface area contributed by atoms with Crippen LogP contribution in [0.2, 0.25) is 0 Å². The van der Waals surface area contributed by atoms with Crippen molar-refractivity contribution in [3.05, 3.63) is 58.6 Å². The van der Waals surface area contributed by atoms with Gasteiger partial charge in [-0.2, -0.15) is 5.26 Å². The van der Waals surface area contributed by atoms with Crippen LogP contribution in [0.5, 0.6) is 0 Å². The Balaban J connectivity index is 1.41. The van der Waals surface area contributed by atoms with Gasteiger partial charge in [0.05, 0.1) is 18.2 Å². The van der Waals surface area contributed by atoms with Gasteiger partial charge < -0.3 is 19.8 Å². The van der Waals surface area contributed by atoms with Gasteiger partial charge in [-0.05, 0) is 42.7 Å². The summed E-state index contributed by atoms with van der Waals surface area (Å²) in [6, 6.07) is 14.9. The summed E-state index contributed by atoms with van der Waals surface area (Å²) >= 11 is 0. The highest BCUT2D eigenvalue weighted by molar-refractivity contribution is 5.82. The summed E-state index contributed by atoms with van der Waals surface area (Å²) in [5.74, 6) is -0.676. The molecule has 1 aliphatic heterocycles. The number of morpholine rings is 1. The molecule has 0 bridgehead atoms. The SMILES string of the molecule is Cn1c(=O)oc2ccc(-c3ccc(C[C@@H](C#N)NC(=O)C4CNC(C)(C)CO4)cc3)cc21. The van der Waals surface area contributed by atoms with E-state index in [9.17, 15) is 14.9 Å². The molecule has 2 N–H and O–H groups in total. The quantitative estimate of drug-likeness (QED) is 0.637. The molecule has 0 radical (unpaired) electrons. The highest BCUT2D eigenvalue weighted by Crippen LogP contribution is 2.24. The molecule has 8 heteroatoms. The van der Waals surface area contributed by atoms with E-state index in [2.05, 4.69) is 16.7 Å². The van der Waals surface area contributed by atoms with Crippen molar-refractivity contribution in [1.29, 1.82) is 5.26 Å². The Bertz CT molecular complexity index is 1220. The van der Waals surface area contributed by atoms with Crippen LogP contribution in [0.1, 0.15) is 19.4 Å². The summed E-state index contributed by atoms with van der Waals surface area (Å²) in [5.41, 5.74) is 3.98. The second kappa shape index (κ2) is 8.61. The van der Waals surface area contributed by atoms with E-state index in [1.165, 1.54) is 4.57 Å². The highest BCUT2D eigenvalue weighted by atomic mass is 16.5. The van der Waals surface area contributed by atoms with Gasteiger partial charge in [0.2, 0.25) is 0 Å². The minimum atomic E-state index is -0.649. The lowest BCUT2D eigenvalue weighted by molar-refractivity contribution is -0.137. The zero-order chi connectivity index (χ0) is 22.9. The molecule has 1 aromatic heterocycles. The Hall–Kier alpha value is -3.41. The molecule has 2 aromatic carbocycles. The number of ether oxygens (including phenoxy) is 1. The summed E-state index contributed by atoms with van der Waals surface area (Å²) in [4.78, 5) is 24.2. The van der Waals surface area contributed by atoms with Crippen LogP contribution in [0.4, 0.5) is 0 Å². The Morgan fingerprint density at radius 1 is 1.28 bits per heavy atom. The van der Waals surface area contributed by atoms with Crippen LogP contribution >= 0.6 is 0 Å². The van der Waals surface area contributed by atoms with Gasteiger partial charge in [-0.1, -0.05) is 30.3 Å². The number of rotatable bonds is 5. The molecule has 2 atom stereocenters. The van der Waals surface area contributed by atoms with Crippen LogP contribution in [0.15, 0.2) is 51.7 Å². The van der Waals surface area contributed by atoms with Crippen LogP contribution in [0, 0.1) is 11.3 Å². The summed E-state index contributed by atoms with van der Waals surface area (Å²) in [6.45, 7) is 4.87. The fourth-order valence-electron chi connectivity index (χ4n) is 3.73. The summed E-state index contributed by atoms with van der Waals surface area (Å²) < 4.78 is 12.3. The van der Waals surface area contributed by atoms with Crippen LogP contribution in [-0.2, 0) is 23.0 Å². The first kappa shape index (κ1) is 21.8. The van der Waals surface area contributed by atoms with Crippen molar-refractivity contribution in [3.63, 3.8) is 0 Å². The van der Waals surface area contributed by atoms with Gasteiger partial charge in [0.25, 0.3) is 5.91 Å². The molecule has 1 saturated heterocycles. The fourth-order valence-corrected chi connectivity index (χ4v) is 3.73. The van der Waals surface area contributed by atoms with Gasteiger partial charge in [0, 0.05) is 25.6 Å². The molecule has 32 heavy (non-hydrogen) atoms. The fraction of sp³-hybridized carbons (Fsp3) is 0.375. The van der Waals surface area contributed by atoms with Gasteiger partial charge in [0.1, 0.15) is 12.1 Å². The Labute approximate surface area is 185 Å². The first-order valence-corrected chi connectivity index (χ1v) is 10.5. The monoisotopic (exact) mass is 434 g/mol. The average Bonchev–Trinajstić information content (AvgIpc) is 3.06. The Morgan fingerprint density at radius 2 is 2.00 bits per heavy atom. The van der Waals surface area contributed by atoms with E-state index in [1.54, 1.807) is 13.1 Å². The zero-order valence-corrected chi connectivity index (χ0v) is 18.3. The molecule has 166 valence electrons. The molecule has 8 nitrogen and oxygen atoms in total. The van der Waals surface area contributed by atoms with E-state index >= 15 is 0 Å². The van der Waals surface area contributed by atoms with Crippen molar-refractivity contribution in [1.82, 2.24) is 15.2 Å². The third-order valence-electron chi connectivity index (χ3n) is 5.69. The number of carbonyl (C=O) groups excluding carboxylic acids is 1. The largest absolute Gasteiger partial charge is 0.419 e. The number of oxazole rings is 1. The second-order valence-electron chi connectivity index (χ2n) is 8.77. The van der Waals surface area contributed by atoms with Crippen molar-refractivity contribution < 1.29 is 13.9 Å². The number of fused-ring (bicyclic) bond motifs is 1. The van der Waals surface area contributed by atoms with Crippen molar-refractivity contribution in [2.24, 2.45) is 7.05 Å². The molecule has 1 unspecified atom stereocenters. The van der Waals surface area contributed by atoms with Crippen molar-refractivity contribution in [2.45, 2.75) is 38.0 Å². The maximum atomic E-state index is 12.5. The highest BCUT2D eigenvalue weighted by Gasteiger charge is 2.31. The zero-order valence-electron chi connectivity index (χ0n) is 18.3. The maximum Gasteiger partial charge on any atom is 0.419 e. The van der Waals surface area contributed by atoms with Crippen LogP contribution < -0.4 is 16.4 Å². The Morgan fingerprint density at radius 3 is 2.66 bits per heavy atom. The molecule has 3 aromatic rings. The number of nitrogens with zero attached hydrogens (tertiary/aromatic N) is 2. The van der Waals surface area contributed by atoms with Crippen molar-refractivity contribution in [2.75, 3.05) is 13.2 Å². The number of carbonyl (C=O) groups is 1. The summed E-state index contributed by atoms with van der Waals surface area (Å²) in [7, 11) is 1.67. The normalized spacial score (nSPS) is 18.8. The molecular formula is C24H26N4O4. The van der Waals surface area contributed by atoms with Crippen LogP contribution in [0.25, 0.3) is 22.2 Å². The lowest BCUT2D eigenvalue weighted by atomic mass is 10.0. The van der Waals surface area contributed by atoms with Gasteiger partial charge in [-0.15, -0.1) is 0 Å². The number of hydrogen-bond acceptors (Lipinski definition) is 6. The van der Waals surface area contributed by atoms with E-state index in [0.717, 1.165) is 22.2 Å². The minimum absolute atomic E-state index is 0.163. The number of benzene rings is 2. The van der Waals surface area contributed by atoms with Gasteiger partial charge >= 0.3 is 5.76 Å². The molecule has 1 fully saturated rings. The maximum absolute atomic E-state index is 12.5. The molecule has 2 heterocycles. The molecule has 1 aliphatic rings. The standard InChI is InChI=1S/C24H26N4O4/c1-24(2)14-31-21(13-26-24)22(29)27-18(12-25)10-15-4-6-16(7-5-15)17-8-9-20-19(11-17)28(3)23(30)32-20/h4-9,11,18,21,26H,10,13-14H2,1-3H3,(H,27,29)/t18-,21?/m0/s1. The number of amides is 1. The van der Waals surface area contributed by atoms with Crippen LogP contribution in [0.3, 0.4) is 0 Å². The second-order valence-corrected chi connectivity index (χ2v) is 8.77. The van der Waals surface area contributed by atoms with Crippen molar-refractivity contribution >= 4 is 17.0 Å². The number of aromatic nitrogens is 1. The smallest absolute Gasteiger partial charge is 0.408 e. The van der Waals surface area contributed by atoms with Gasteiger partial charge in [0.15, 0.2) is 5.58 Å². The Kier molecular flexibility index (Phi) is 5.87. The third kappa shape index (κ3) is 4.59. The number of aryl methyl sites for hydroxylation is 1. The van der Waals surface area contributed by atoms with E-state index in [4.69, 9.17) is 9.15 Å². The number of nitrogens with one attached hydrogen (secondary N) is 2. The molecule has 1 amide bonds. The van der Waals surface area contributed by atoms with Crippen LogP contribution in [-0.4, -0.2) is 41.3 Å². The van der Waals surface area contributed by atoms with E-state index in [-0.39, 0.29) is 11.4 Å². The third-order valence-corrected chi connectivity index (χ3v) is 5.69. The molecule has 0 aliphatic carbocycles. The molecule has 0 spiro atoms. The number of nitriles is 1. The topological polar surface area (TPSA) is 109 Å². The predicted octanol–water partition coefficient (Wildman–Crippen LogP) is 2.12. The first-order chi connectivity index (χ1) is 15.3. The lowest BCUT2D eigenvalue weighted by Gasteiger charge is -2.35. The summed E-state index contributed by atoms with van der Waals surface area (Å²) in [5, 5.41) is 15.6. The molecule has 0 saturated carbocycles. The van der Waals surface area contributed by atoms with Gasteiger partial charge in [-0.25, -0.2) is 4.79 Å². The van der Waals surface area contributed by atoms with E-state index in [0.29, 0.717) is 25.2 Å². The first-order valence-electron chi connectivity index (χ1n) is 10.5. The molecular weight excluding hydrogens is 408 g/mol. The predicted molar refractivity (Wildman–Crippen MR) is 120 cm³/mol. The average molecular weight is 434 g/mol. The van der Waals surface area contributed by atoms with Gasteiger partial charge in [-0.3, -0.25) is 9.36 Å². The lowest BCUT2D eigenvalue weighted by Crippen LogP contribution is -2.58. The minimum Gasteiger partial charge on any atom is -0.408 e. The van der Waals surface area contributed by atoms with E-state index in [1.807, 2.05) is 50.2 Å². The summed E-state index contributed by atoms with van der Waals surface area (Å²) in [6.07, 6.45) is -0.210. The molecule has 4 rings (SSSR count).